The van der Waals surface area contributed by atoms with Gasteiger partial charge in [0.05, 0.1) is 6.10 Å². The van der Waals surface area contributed by atoms with Gasteiger partial charge in [0, 0.05) is 18.8 Å². The zero-order valence-electron chi connectivity index (χ0n) is 11.2. The van der Waals surface area contributed by atoms with Crippen LogP contribution in [-0.2, 0) is 6.42 Å². The highest BCUT2D eigenvalue weighted by molar-refractivity contribution is 5.58. The van der Waals surface area contributed by atoms with Gasteiger partial charge in [0.2, 0.25) is 0 Å². The van der Waals surface area contributed by atoms with E-state index in [4.69, 9.17) is 0 Å². The molecule has 0 fully saturated rings. The molecule has 2 heteroatoms. The maximum absolute atomic E-state index is 10.4. The smallest absolute Gasteiger partial charge is 0.0964 e. The molecular formula is C17H19NO. The number of aliphatic hydroxyl groups is 1. The summed E-state index contributed by atoms with van der Waals surface area (Å²) in [5.41, 5.74) is 4.88. The SMILES string of the molecule is Cc1ccc(C(O)CN2CCc3ccccc32)cc1. The number of hydrogen-bond acceptors (Lipinski definition) is 2. The highest BCUT2D eigenvalue weighted by Gasteiger charge is 2.21. The quantitative estimate of drug-likeness (QED) is 0.908. The molecule has 19 heavy (non-hydrogen) atoms. The first-order valence-electron chi connectivity index (χ1n) is 6.81. The molecule has 0 aromatic heterocycles. The summed E-state index contributed by atoms with van der Waals surface area (Å²) in [5, 5.41) is 10.4. The molecule has 2 aromatic carbocycles. The zero-order valence-corrected chi connectivity index (χ0v) is 11.2. The summed E-state index contributed by atoms with van der Waals surface area (Å²) in [6.45, 7) is 3.73. The monoisotopic (exact) mass is 253 g/mol. The summed E-state index contributed by atoms with van der Waals surface area (Å²) in [7, 11) is 0. The van der Waals surface area contributed by atoms with E-state index in [2.05, 4.69) is 48.2 Å². The third-order valence-corrected chi connectivity index (χ3v) is 3.84. The average molecular weight is 253 g/mol. The van der Waals surface area contributed by atoms with Gasteiger partial charge in [-0.2, -0.15) is 0 Å². The minimum Gasteiger partial charge on any atom is -0.387 e. The highest BCUT2D eigenvalue weighted by atomic mass is 16.3. The van der Waals surface area contributed by atoms with Crippen LogP contribution >= 0.6 is 0 Å². The fourth-order valence-electron chi connectivity index (χ4n) is 2.70. The molecule has 0 aliphatic carbocycles. The predicted octanol–water partition coefficient (Wildman–Crippen LogP) is 3.09. The third kappa shape index (κ3) is 2.49. The van der Waals surface area contributed by atoms with Crippen molar-refractivity contribution in [1.82, 2.24) is 0 Å². The van der Waals surface area contributed by atoms with Gasteiger partial charge < -0.3 is 10.0 Å². The molecule has 1 N–H and O–H groups in total. The standard InChI is InChI=1S/C17H19NO/c1-13-6-8-15(9-7-13)17(19)12-18-11-10-14-4-2-3-5-16(14)18/h2-9,17,19H,10-12H2,1H3. The zero-order chi connectivity index (χ0) is 13.2. The summed E-state index contributed by atoms with van der Waals surface area (Å²) >= 11 is 0. The first kappa shape index (κ1) is 12.2. The molecule has 1 heterocycles. The van der Waals surface area contributed by atoms with Crippen molar-refractivity contribution < 1.29 is 5.11 Å². The summed E-state index contributed by atoms with van der Waals surface area (Å²) in [5.74, 6) is 0. The van der Waals surface area contributed by atoms with Gasteiger partial charge in [-0.1, -0.05) is 48.0 Å². The van der Waals surface area contributed by atoms with Crippen molar-refractivity contribution in [3.63, 3.8) is 0 Å². The van der Waals surface area contributed by atoms with Crippen molar-refractivity contribution in [3.05, 3.63) is 65.2 Å². The van der Waals surface area contributed by atoms with Gasteiger partial charge in [0.25, 0.3) is 0 Å². The van der Waals surface area contributed by atoms with Crippen molar-refractivity contribution in [2.75, 3.05) is 18.0 Å². The summed E-state index contributed by atoms with van der Waals surface area (Å²) in [6, 6.07) is 16.6. The molecule has 3 rings (SSSR count). The first-order valence-corrected chi connectivity index (χ1v) is 6.81. The number of nitrogens with zero attached hydrogens (tertiary/aromatic N) is 1. The lowest BCUT2D eigenvalue weighted by Crippen LogP contribution is -2.26. The second-order valence-electron chi connectivity index (χ2n) is 5.25. The van der Waals surface area contributed by atoms with E-state index in [0.29, 0.717) is 6.54 Å². The minimum atomic E-state index is -0.424. The minimum absolute atomic E-state index is 0.424. The van der Waals surface area contributed by atoms with Gasteiger partial charge in [0.1, 0.15) is 0 Å². The molecule has 0 saturated carbocycles. The van der Waals surface area contributed by atoms with Crippen LogP contribution in [0.5, 0.6) is 0 Å². The Morgan fingerprint density at radius 3 is 2.63 bits per heavy atom. The molecule has 1 unspecified atom stereocenters. The van der Waals surface area contributed by atoms with Crippen LogP contribution < -0.4 is 4.90 Å². The van der Waals surface area contributed by atoms with E-state index in [1.54, 1.807) is 0 Å². The average Bonchev–Trinajstić information content (AvgIpc) is 2.83. The fourth-order valence-corrected chi connectivity index (χ4v) is 2.70. The largest absolute Gasteiger partial charge is 0.387 e. The Balaban J connectivity index is 1.74. The van der Waals surface area contributed by atoms with E-state index in [0.717, 1.165) is 18.5 Å². The molecule has 0 amide bonds. The summed E-state index contributed by atoms with van der Waals surface area (Å²) in [6.07, 6.45) is 0.656. The lowest BCUT2D eigenvalue weighted by molar-refractivity contribution is 0.184. The molecule has 0 bridgehead atoms. The Labute approximate surface area is 114 Å². The Bertz CT molecular complexity index is 562. The second kappa shape index (κ2) is 5.06. The third-order valence-electron chi connectivity index (χ3n) is 3.84. The Morgan fingerprint density at radius 2 is 1.84 bits per heavy atom. The number of rotatable bonds is 3. The van der Waals surface area contributed by atoms with E-state index in [1.807, 2.05) is 12.1 Å². The highest BCUT2D eigenvalue weighted by Crippen LogP contribution is 2.29. The van der Waals surface area contributed by atoms with Gasteiger partial charge in [-0.25, -0.2) is 0 Å². The number of hydrogen-bond donors (Lipinski definition) is 1. The van der Waals surface area contributed by atoms with E-state index < -0.39 is 6.10 Å². The maximum atomic E-state index is 10.4. The number of para-hydroxylation sites is 1. The molecule has 1 atom stereocenters. The van der Waals surface area contributed by atoms with Crippen molar-refractivity contribution in [3.8, 4) is 0 Å². The summed E-state index contributed by atoms with van der Waals surface area (Å²) in [4.78, 5) is 2.28. The van der Waals surface area contributed by atoms with Crippen LogP contribution in [0, 0.1) is 6.92 Å². The lowest BCUT2D eigenvalue weighted by Gasteiger charge is -2.23. The lowest BCUT2D eigenvalue weighted by atomic mass is 10.1. The molecule has 2 nitrogen and oxygen atoms in total. The van der Waals surface area contributed by atoms with Crippen LogP contribution in [0.25, 0.3) is 0 Å². The van der Waals surface area contributed by atoms with Gasteiger partial charge in [-0.15, -0.1) is 0 Å². The second-order valence-corrected chi connectivity index (χ2v) is 5.25. The van der Waals surface area contributed by atoms with Crippen LogP contribution in [-0.4, -0.2) is 18.2 Å². The number of fused-ring (bicyclic) bond motifs is 1. The van der Waals surface area contributed by atoms with Crippen LogP contribution in [0.1, 0.15) is 22.8 Å². The number of aliphatic hydroxyl groups excluding tert-OH is 1. The number of aryl methyl sites for hydroxylation is 1. The maximum Gasteiger partial charge on any atom is 0.0964 e. The van der Waals surface area contributed by atoms with Crippen LogP contribution in [0.3, 0.4) is 0 Å². The molecule has 1 aliphatic heterocycles. The van der Waals surface area contributed by atoms with Gasteiger partial charge in [0.15, 0.2) is 0 Å². The molecular weight excluding hydrogens is 234 g/mol. The molecule has 1 aliphatic rings. The number of β-amino-alcohol motifs (C(OH)–C–C–N with tert-alkyl or cyclic N) is 1. The molecule has 98 valence electrons. The normalized spacial score (nSPS) is 15.4. The van der Waals surface area contributed by atoms with Crippen LogP contribution in [0.2, 0.25) is 0 Å². The van der Waals surface area contributed by atoms with E-state index >= 15 is 0 Å². The van der Waals surface area contributed by atoms with E-state index in [1.165, 1.54) is 16.8 Å². The number of anilines is 1. The Morgan fingerprint density at radius 1 is 1.11 bits per heavy atom. The Kier molecular flexibility index (Phi) is 3.26. The van der Waals surface area contributed by atoms with Gasteiger partial charge >= 0.3 is 0 Å². The van der Waals surface area contributed by atoms with E-state index in [-0.39, 0.29) is 0 Å². The fraction of sp³-hybridized carbons (Fsp3) is 0.294. The molecule has 0 saturated heterocycles. The topological polar surface area (TPSA) is 23.5 Å². The van der Waals surface area contributed by atoms with Crippen molar-refractivity contribution >= 4 is 5.69 Å². The van der Waals surface area contributed by atoms with Crippen LogP contribution in [0.4, 0.5) is 5.69 Å². The summed E-state index contributed by atoms with van der Waals surface area (Å²) < 4.78 is 0. The molecule has 0 radical (unpaired) electrons. The Hall–Kier alpha value is -1.80. The van der Waals surface area contributed by atoms with Gasteiger partial charge in [-0.05, 0) is 30.5 Å². The van der Waals surface area contributed by atoms with Gasteiger partial charge in [-0.3, -0.25) is 0 Å². The van der Waals surface area contributed by atoms with Crippen LogP contribution in [0.15, 0.2) is 48.5 Å². The molecule has 2 aromatic rings. The van der Waals surface area contributed by atoms with Crippen molar-refractivity contribution in [2.45, 2.75) is 19.4 Å². The first-order chi connectivity index (χ1) is 9.24. The predicted molar refractivity (Wildman–Crippen MR) is 78.5 cm³/mol. The van der Waals surface area contributed by atoms with E-state index in [9.17, 15) is 5.11 Å². The van der Waals surface area contributed by atoms with Crippen molar-refractivity contribution in [1.29, 1.82) is 0 Å². The van der Waals surface area contributed by atoms with Crippen molar-refractivity contribution in [2.24, 2.45) is 0 Å². The number of benzene rings is 2. The molecule has 0 spiro atoms.